The Morgan fingerprint density at radius 1 is 0.889 bits per heavy atom. The molecule has 0 spiro atoms. The van der Waals surface area contributed by atoms with E-state index >= 15 is 0 Å². The van der Waals surface area contributed by atoms with Gasteiger partial charge in [0.05, 0.1) is 5.69 Å². The maximum atomic E-state index is 9.92. The largest absolute Gasteiger partial charge is 0.277 e. The average Bonchev–Trinajstić information content (AvgIpc) is 2.39. The van der Waals surface area contributed by atoms with Gasteiger partial charge in [-0.2, -0.15) is 4.28 Å². The minimum absolute atomic E-state index is 0.603. The van der Waals surface area contributed by atoms with E-state index < -0.39 is 11.0 Å². The molecule has 0 heterocycles. The topological polar surface area (TPSA) is 55.4 Å². The second kappa shape index (κ2) is 8.27. The number of aryl methyl sites for hydroxylation is 1. The van der Waals surface area contributed by atoms with Crippen LogP contribution in [0.3, 0.4) is 0 Å². The van der Waals surface area contributed by atoms with Gasteiger partial charge in [0.25, 0.3) is 11.0 Å². The molecular weight excluding hydrogens is 250 g/mol. The minimum atomic E-state index is -2.84. The summed E-state index contributed by atoms with van der Waals surface area (Å²) in [7, 11) is -2.84. The van der Waals surface area contributed by atoms with Crippen molar-refractivity contribution in [3.63, 3.8) is 0 Å². The summed E-state index contributed by atoms with van der Waals surface area (Å²) >= 11 is 0. The van der Waals surface area contributed by atoms with Gasteiger partial charge in [0.2, 0.25) is 0 Å². The molecule has 96 valence electrons. The monoisotopic (exact) mass is 265 g/mol. The molecule has 0 aromatic heterocycles. The minimum Gasteiger partial charge on any atom is -0.250 e. The van der Waals surface area contributed by atoms with Crippen molar-refractivity contribution in [1.82, 2.24) is 0 Å². The number of thiol groups is 1. The van der Waals surface area contributed by atoms with Gasteiger partial charge < -0.3 is 0 Å². The second-order valence-corrected chi connectivity index (χ2v) is 4.07. The van der Waals surface area contributed by atoms with Crippen molar-refractivity contribution in [2.24, 2.45) is 0 Å². The lowest BCUT2D eigenvalue weighted by Gasteiger charge is -1.98. The third-order valence-electron chi connectivity index (χ3n) is 1.95. The molecule has 2 aromatic carbocycles. The molecule has 5 heteroatoms. The number of benzene rings is 2. The van der Waals surface area contributed by atoms with Gasteiger partial charge in [0, 0.05) is 0 Å². The zero-order chi connectivity index (χ0) is 13.2. The number of hydrogen-bond donors (Lipinski definition) is 2. The van der Waals surface area contributed by atoms with Gasteiger partial charge in [-0.3, -0.25) is 0 Å². The molecule has 0 bridgehead atoms. The maximum Gasteiger partial charge on any atom is 0.277 e. The molecule has 0 unspecified atom stereocenters. The van der Waals surface area contributed by atoms with Crippen molar-refractivity contribution in [2.75, 3.05) is 5.48 Å². The summed E-state index contributed by atoms with van der Waals surface area (Å²) in [5, 5.41) is 0. The third kappa shape index (κ3) is 6.67. The van der Waals surface area contributed by atoms with Gasteiger partial charge in [-0.25, -0.2) is 13.9 Å². The predicted molar refractivity (Wildman–Crippen MR) is 72.6 cm³/mol. The standard InChI is InChI=1S/C7H8.C6H7NO3S/c1-7-5-3-2-4-6-7;8-11(9)10-7-6-4-2-1-3-5-6/h2-6H,1H3;1-5,7,11H. The Morgan fingerprint density at radius 2 is 1.39 bits per heavy atom. The Hall–Kier alpha value is -1.85. The summed E-state index contributed by atoms with van der Waals surface area (Å²) < 4.78 is 24.0. The molecule has 0 aliphatic rings. The normalized spacial score (nSPS) is 9.44. The van der Waals surface area contributed by atoms with Crippen molar-refractivity contribution >= 4 is 16.7 Å². The molecule has 0 saturated carbocycles. The lowest BCUT2D eigenvalue weighted by molar-refractivity contribution is 0.410. The van der Waals surface area contributed by atoms with Crippen LogP contribution in [-0.4, -0.2) is 8.42 Å². The van der Waals surface area contributed by atoms with E-state index in [1.165, 1.54) is 5.56 Å². The van der Waals surface area contributed by atoms with E-state index in [1.54, 1.807) is 24.3 Å². The maximum absolute atomic E-state index is 9.92. The second-order valence-electron chi connectivity index (χ2n) is 3.44. The van der Waals surface area contributed by atoms with Crippen LogP contribution in [0.25, 0.3) is 0 Å². The molecule has 0 amide bonds. The van der Waals surface area contributed by atoms with Crippen LogP contribution < -0.4 is 5.48 Å². The Kier molecular flexibility index (Phi) is 6.53. The number of hydrogen-bond acceptors (Lipinski definition) is 4. The first kappa shape index (κ1) is 14.2. The summed E-state index contributed by atoms with van der Waals surface area (Å²) in [5.41, 5.74) is 4.17. The van der Waals surface area contributed by atoms with Gasteiger partial charge >= 0.3 is 0 Å². The molecule has 0 radical (unpaired) electrons. The quantitative estimate of drug-likeness (QED) is 0.661. The van der Waals surface area contributed by atoms with E-state index in [0.717, 1.165) is 0 Å². The lowest BCUT2D eigenvalue weighted by Crippen LogP contribution is -1.98. The van der Waals surface area contributed by atoms with Crippen LogP contribution in [0, 0.1) is 6.92 Å². The van der Waals surface area contributed by atoms with Crippen molar-refractivity contribution in [2.45, 2.75) is 6.92 Å². The number of para-hydroxylation sites is 1. The Morgan fingerprint density at radius 3 is 1.78 bits per heavy atom. The van der Waals surface area contributed by atoms with E-state index in [9.17, 15) is 8.42 Å². The first-order valence-electron chi connectivity index (χ1n) is 5.32. The van der Waals surface area contributed by atoms with Gasteiger partial charge in [-0.15, -0.1) is 0 Å². The van der Waals surface area contributed by atoms with Crippen LogP contribution in [0.15, 0.2) is 60.7 Å². The van der Waals surface area contributed by atoms with Gasteiger partial charge in [-0.1, -0.05) is 54.1 Å². The number of rotatable bonds is 3. The smallest absolute Gasteiger partial charge is 0.250 e. The van der Waals surface area contributed by atoms with Crippen molar-refractivity contribution in [3.05, 3.63) is 66.2 Å². The number of anilines is 1. The zero-order valence-corrected chi connectivity index (χ0v) is 10.8. The average molecular weight is 265 g/mol. The first-order chi connectivity index (χ1) is 8.68. The van der Waals surface area contributed by atoms with E-state index in [0.29, 0.717) is 5.69 Å². The highest BCUT2D eigenvalue weighted by Gasteiger charge is 1.87. The fourth-order valence-corrected chi connectivity index (χ4v) is 1.31. The van der Waals surface area contributed by atoms with Crippen molar-refractivity contribution in [1.29, 1.82) is 0 Å². The third-order valence-corrected chi connectivity index (χ3v) is 2.19. The fraction of sp³-hybridized carbons (Fsp3) is 0.0769. The fourth-order valence-electron chi connectivity index (χ4n) is 1.13. The highest BCUT2D eigenvalue weighted by Crippen LogP contribution is 2.03. The van der Waals surface area contributed by atoms with Crippen LogP contribution >= 0.6 is 0 Å². The molecule has 2 rings (SSSR count). The molecule has 0 aliphatic carbocycles. The molecule has 0 aliphatic heterocycles. The van der Waals surface area contributed by atoms with Gasteiger partial charge in [0.1, 0.15) is 0 Å². The van der Waals surface area contributed by atoms with Crippen LogP contribution in [0.5, 0.6) is 0 Å². The molecule has 0 fully saturated rings. The Labute approximate surface area is 108 Å². The van der Waals surface area contributed by atoms with Gasteiger partial charge in [-0.05, 0) is 19.1 Å². The zero-order valence-electron chi connectivity index (χ0n) is 9.95. The number of nitrogens with one attached hydrogen (secondary N) is 1. The SMILES string of the molecule is Cc1ccccc1.O=[SH](=O)ONc1ccccc1. The summed E-state index contributed by atoms with van der Waals surface area (Å²) in [4.78, 5) is 0. The first-order valence-corrected chi connectivity index (χ1v) is 6.42. The van der Waals surface area contributed by atoms with Crippen LogP contribution in [0.4, 0.5) is 5.69 Å². The summed E-state index contributed by atoms with van der Waals surface area (Å²) in [6.45, 7) is 2.08. The predicted octanol–water partition coefficient (Wildman–Crippen LogP) is 2.55. The van der Waals surface area contributed by atoms with Crippen molar-refractivity contribution < 1.29 is 12.7 Å². The molecule has 2 aromatic rings. The highest BCUT2D eigenvalue weighted by molar-refractivity contribution is 7.67. The van der Waals surface area contributed by atoms with Crippen LogP contribution in [0.2, 0.25) is 0 Å². The van der Waals surface area contributed by atoms with Crippen molar-refractivity contribution in [3.8, 4) is 0 Å². The van der Waals surface area contributed by atoms with E-state index in [2.05, 4.69) is 28.8 Å². The van der Waals surface area contributed by atoms with E-state index in [-0.39, 0.29) is 0 Å². The van der Waals surface area contributed by atoms with Crippen LogP contribution in [-0.2, 0) is 15.3 Å². The highest BCUT2D eigenvalue weighted by atomic mass is 32.2. The van der Waals surface area contributed by atoms with E-state index in [1.807, 2.05) is 24.3 Å². The van der Waals surface area contributed by atoms with E-state index in [4.69, 9.17) is 0 Å². The molecule has 0 atom stereocenters. The Bertz CT molecular complexity index is 504. The Balaban J connectivity index is 0.000000199. The van der Waals surface area contributed by atoms with Crippen LogP contribution in [0.1, 0.15) is 5.56 Å². The summed E-state index contributed by atoms with van der Waals surface area (Å²) in [6.07, 6.45) is 0. The molecular formula is C13H15NO3S. The lowest BCUT2D eigenvalue weighted by atomic mass is 10.2. The molecule has 1 N–H and O–H groups in total. The molecule has 18 heavy (non-hydrogen) atoms. The summed E-state index contributed by atoms with van der Waals surface area (Å²) in [5.74, 6) is 0. The van der Waals surface area contributed by atoms with Gasteiger partial charge in [0.15, 0.2) is 0 Å². The molecule has 0 saturated heterocycles. The summed E-state index contributed by atoms with van der Waals surface area (Å²) in [6, 6.07) is 19.0. The molecule has 4 nitrogen and oxygen atoms in total.